The Kier molecular flexibility index (Phi) is 5.42. The zero-order chi connectivity index (χ0) is 24.7. The van der Waals surface area contributed by atoms with Gasteiger partial charge < -0.3 is 10.1 Å². The Labute approximate surface area is 208 Å². The van der Waals surface area contributed by atoms with E-state index in [-0.39, 0.29) is 11.9 Å². The van der Waals surface area contributed by atoms with Crippen LogP contribution in [0.5, 0.6) is 5.75 Å². The smallest absolute Gasteiger partial charge is 0.247 e. The largest absolute Gasteiger partial charge is 0.489 e. The van der Waals surface area contributed by atoms with Crippen molar-refractivity contribution in [3.63, 3.8) is 0 Å². The highest BCUT2D eigenvalue weighted by atomic mass is 16.5. The van der Waals surface area contributed by atoms with Gasteiger partial charge in [-0.15, -0.1) is 0 Å². The molecule has 1 saturated carbocycles. The Balaban J connectivity index is 1.18. The molecule has 3 N–H and O–H groups in total. The van der Waals surface area contributed by atoms with Crippen molar-refractivity contribution < 1.29 is 19.5 Å². The summed E-state index contributed by atoms with van der Waals surface area (Å²) in [7, 11) is 0. The Morgan fingerprint density at radius 2 is 1.78 bits per heavy atom. The molecule has 3 atom stereocenters. The fraction of sp³-hybridized carbons (Fsp3) is 0.207. The molecule has 0 radical (unpaired) electrons. The number of pyridine rings is 1. The average Bonchev–Trinajstić information content (AvgIpc) is 3.57. The molecule has 0 bridgehead atoms. The number of amides is 2. The first-order valence-electron chi connectivity index (χ1n) is 12.0. The van der Waals surface area contributed by atoms with Crippen LogP contribution in [-0.4, -0.2) is 22.0 Å². The third kappa shape index (κ3) is 3.87. The van der Waals surface area contributed by atoms with Gasteiger partial charge in [0.2, 0.25) is 11.8 Å². The standard InChI is InChI=1S/C29H25N3O4/c33-27(32-35)23-15-29(23)16-26(31-28(29)34)19-10-12-21(13-11-19)36-17-20-14-25(18-6-2-1-3-7-18)30-24-9-5-4-8-22(20)24/h1-14,23,26,35H,15-17H2,(H,31,34)(H,32,33). The number of hydrogen-bond acceptors (Lipinski definition) is 5. The van der Waals surface area contributed by atoms with Crippen molar-refractivity contribution >= 4 is 22.7 Å². The summed E-state index contributed by atoms with van der Waals surface area (Å²) < 4.78 is 6.15. The number of para-hydroxylation sites is 1. The van der Waals surface area contributed by atoms with E-state index in [1.807, 2.05) is 72.8 Å². The molecular formula is C29H25N3O4. The second-order valence-corrected chi connectivity index (χ2v) is 9.53. The Hall–Kier alpha value is -4.23. The molecule has 1 aliphatic carbocycles. The summed E-state index contributed by atoms with van der Waals surface area (Å²) in [6.07, 6.45) is 1.00. The summed E-state index contributed by atoms with van der Waals surface area (Å²) in [5, 5.41) is 13.0. The molecule has 3 aromatic carbocycles. The van der Waals surface area contributed by atoms with Crippen LogP contribution >= 0.6 is 0 Å². The number of hydrogen-bond donors (Lipinski definition) is 3. The van der Waals surface area contributed by atoms with Gasteiger partial charge in [-0.2, -0.15) is 0 Å². The van der Waals surface area contributed by atoms with Crippen molar-refractivity contribution in [1.29, 1.82) is 0 Å². The minimum absolute atomic E-state index is 0.125. The first-order valence-corrected chi connectivity index (χ1v) is 12.0. The highest BCUT2D eigenvalue weighted by Crippen LogP contribution is 2.60. The Morgan fingerprint density at radius 3 is 2.56 bits per heavy atom. The van der Waals surface area contributed by atoms with Crippen molar-refractivity contribution in [3.05, 3.63) is 96.1 Å². The van der Waals surface area contributed by atoms with Crippen LogP contribution in [0.3, 0.4) is 0 Å². The molecule has 7 nitrogen and oxygen atoms in total. The van der Waals surface area contributed by atoms with E-state index in [1.54, 1.807) is 5.48 Å². The summed E-state index contributed by atoms with van der Waals surface area (Å²) in [5.74, 6) is -0.358. The predicted molar refractivity (Wildman–Crippen MR) is 134 cm³/mol. The molecule has 1 saturated heterocycles. The maximum atomic E-state index is 12.5. The van der Waals surface area contributed by atoms with Crippen LogP contribution in [0.15, 0.2) is 84.9 Å². The second kappa shape index (κ2) is 8.77. The monoisotopic (exact) mass is 479 g/mol. The molecule has 1 aromatic heterocycles. The molecule has 7 heteroatoms. The lowest BCUT2D eigenvalue weighted by atomic mass is 9.95. The van der Waals surface area contributed by atoms with Gasteiger partial charge in [0.1, 0.15) is 12.4 Å². The van der Waals surface area contributed by atoms with Gasteiger partial charge in [0.05, 0.1) is 28.6 Å². The number of aromatic nitrogens is 1. The van der Waals surface area contributed by atoms with Gasteiger partial charge in [-0.3, -0.25) is 14.8 Å². The van der Waals surface area contributed by atoms with Gasteiger partial charge in [0.15, 0.2) is 0 Å². The van der Waals surface area contributed by atoms with Gasteiger partial charge in [0.25, 0.3) is 0 Å². The van der Waals surface area contributed by atoms with E-state index < -0.39 is 17.2 Å². The van der Waals surface area contributed by atoms with Crippen molar-refractivity contribution in [2.24, 2.45) is 11.3 Å². The molecule has 36 heavy (non-hydrogen) atoms. The molecule has 3 unspecified atom stereocenters. The molecule has 6 rings (SSSR count). The topological polar surface area (TPSA) is 101 Å². The maximum absolute atomic E-state index is 12.5. The summed E-state index contributed by atoms with van der Waals surface area (Å²) in [5.41, 5.74) is 5.87. The quantitative estimate of drug-likeness (QED) is 0.278. The van der Waals surface area contributed by atoms with E-state index >= 15 is 0 Å². The van der Waals surface area contributed by atoms with Crippen LogP contribution in [0, 0.1) is 11.3 Å². The van der Waals surface area contributed by atoms with Gasteiger partial charge in [0, 0.05) is 16.5 Å². The molecule has 2 aliphatic rings. The fourth-order valence-electron chi connectivity index (χ4n) is 5.30. The highest BCUT2D eigenvalue weighted by molar-refractivity contribution is 5.97. The van der Waals surface area contributed by atoms with Crippen LogP contribution < -0.4 is 15.5 Å². The van der Waals surface area contributed by atoms with E-state index in [0.29, 0.717) is 19.4 Å². The summed E-state index contributed by atoms with van der Waals surface area (Å²) in [6.45, 7) is 0.392. The normalized spacial score (nSPS) is 22.4. The van der Waals surface area contributed by atoms with E-state index in [9.17, 15) is 9.59 Å². The average molecular weight is 480 g/mol. The number of nitrogens with zero attached hydrogens (tertiary/aromatic N) is 1. The van der Waals surface area contributed by atoms with E-state index in [2.05, 4.69) is 17.4 Å². The third-order valence-electron chi connectivity index (χ3n) is 7.38. The minimum Gasteiger partial charge on any atom is -0.489 e. The number of carbonyl (C=O) groups excluding carboxylic acids is 2. The van der Waals surface area contributed by atoms with Crippen LogP contribution in [-0.2, 0) is 16.2 Å². The third-order valence-corrected chi connectivity index (χ3v) is 7.38. The predicted octanol–water partition coefficient (Wildman–Crippen LogP) is 4.55. The zero-order valence-electron chi connectivity index (χ0n) is 19.5. The van der Waals surface area contributed by atoms with Crippen molar-refractivity contribution in [1.82, 2.24) is 15.8 Å². The van der Waals surface area contributed by atoms with Crippen LogP contribution in [0.1, 0.15) is 30.0 Å². The molecule has 2 amide bonds. The van der Waals surface area contributed by atoms with Gasteiger partial charge in [-0.1, -0.05) is 60.7 Å². The fourth-order valence-corrected chi connectivity index (χ4v) is 5.30. The number of fused-ring (bicyclic) bond motifs is 1. The lowest BCUT2D eigenvalue weighted by Crippen LogP contribution is -2.28. The Bertz CT molecular complexity index is 1450. The minimum atomic E-state index is -0.703. The zero-order valence-corrected chi connectivity index (χ0v) is 19.5. The van der Waals surface area contributed by atoms with Gasteiger partial charge >= 0.3 is 0 Å². The SMILES string of the molecule is O=C(NO)C1CC12CC(c1ccc(OCc3cc(-c4ccccc4)nc4ccccc34)cc1)NC2=O. The van der Waals surface area contributed by atoms with Gasteiger partial charge in [-0.05, 0) is 42.7 Å². The molecular weight excluding hydrogens is 454 g/mol. The maximum Gasteiger partial charge on any atom is 0.247 e. The van der Waals surface area contributed by atoms with E-state index in [1.165, 1.54) is 0 Å². The number of rotatable bonds is 6. The first-order chi connectivity index (χ1) is 17.6. The van der Waals surface area contributed by atoms with Crippen molar-refractivity contribution in [2.45, 2.75) is 25.5 Å². The number of carbonyl (C=O) groups is 2. The molecule has 2 heterocycles. The number of ether oxygens (including phenoxy) is 1. The van der Waals surface area contributed by atoms with E-state index in [0.717, 1.165) is 39.0 Å². The van der Waals surface area contributed by atoms with Gasteiger partial charge in [-0.25, -0.2) is 10.5 Å². The van der Waals surface area contributed by atoms with Crippen LogP contribution in [0.2, 0.25) is 0 Å². The number of hydroxylamine groups is 1. The lowest BCUT2D eigenvalue weighted by molar-refractivity contribution is -0.134. The number of nitrogens with one attached hydrogen (secondary N) is 2. The summed E-state index contributed by atoms with van der Waals surface area (Å²) in [6, 6.07) is 27.8. The first kappa shape index (κ1) is 22.2. The lowest BCUT2D eigenvalue weighted by Gasteiger charge is -2.13. The molecule has 2 fully saturated rings. The highest BCUT2D eigenvalue weighted by Gasteiger charge is 2.67. The molecule has 1 aliphatic heterocycles. The second-order valence-electron chi connectivity index (χ2n) is 9.53. The molecule has 4 aromatic rings. The summed E-state index contributed by atoms with van der Waals surface area (Å²) in [4.78, 5) is 29.1. The number of benzene rings is 3. The summed E-state index contributed by atoms with van der Waals surface area (Å²) >= 11 is 0. The molecule has 180 valence electrons. The molecule has 1 spiro atoms. The van der Waals surface area contributed by atoms with Crippen LogP contribution in [0.4, 0.5) is 0 Å². The van der Waals surface area contributed by atoms with Crippen molar-refractivity contribution in [2.75, 3.05) is 0 Å². The van der Waals surface area contributed by atoms with Crippen LogP contribution in [0.25, 0.3) is 22.2 Å². The van der Waals surface area contributed by atoms with Crippen molar-refractivity contribution in [3.8, 4) is 17.0 Å². The van der Waals surface area contributed by atoms with E-state index in [4.69, 9.17) is 14.9 Å². The Morgan fingerprint density at radius 1 is 1.03 bits per heavy atom.